The topological polar surface area (TPSA) is 60.9 Å². The van der Waals surface area contributed by atoms with Gasteiger partial charge in [0.05, 0.1) is 10.9 Å². The Kier molecular flexibility index (Phi) is 3.20. The molecule has 2 N–H and O–H groups in total. The number of nitrogens with zero attached hydrogens (tertiary/aromatic N) is 2. The van der Waals surface area contributed by atoms with Crippen LogP contribution in [0.3, 0.4) is 0 Å². The van der Waals surface area contributed by atoms with Gasteiger partial charge in [-0.1, -0.05) is 29.8 Å². The van der Waals surface area contributed by atoms with Crippen LogP contribution in [0.15, 0.2) is 47.3 Å². The second kappa shape index (κ2) is 5.25. The molecule has 1 aliphatic heterocycles. The summed E-state index contributed by atoms with van der Waals surface area (Å²) >= 11 is 6.23. The molecule has 1 aromatic heterocycles. The monoisotopic (exact) mass is 323 g/mol. The second-order valence-electron chi connectivity index (χ2n) is 5.61. The number of allylic oxidation sites excluding steroid dienone is 1. The van der Waals surface area contributed by atoms with E-state index in [2.05, 4.69) is 4.98 Å². The standard InChI is InChI=1S/C18H14ClN3O/c19-15-4-2-1-3-11(15)9-12-7-8-22-17(12)21-16-6-5-13(20)10-14(16)18(22)23/h1-6,9-10H,7-8,20H2. The van der Waals surface area contributed by atoms with Gasteiger partial charge in [-0.05, 0) is 47.9 Å². The number of nitrogens with two attached hydrogens (primary N) is 1. The summed E-state index contributed by atoms with van der Waals surface area (Å²) in [5.74, 6) is 0.715. The normalized spacial score (nSPS) is 15.3. The highest BCUT2D eigenvalue weighted by Crippen LogP contribution is 2.29. The summed E-state index contributed by atoms with van der Waals surface area (Å²) in [6.45, 7) is 0.627. The van der Waals surface area contributed by atoms with Crippen LogP contribution in [0.5, 0.6) is 0 Å². The molecule has 0 unspecified atom stereocenters. The van der Waals surface area contributed by atoms with Gasteiger partial charge < -0.3 is 5.73 Å². The minimum absolute atomic E-state index is 0.0418. The third kappa shape index (κ3) is 2.32. The lowest BCUT2D eigenvalue weighted by Crippen LogP contribution is -2.20. The van der Waals surface area contributed by atoms with Crippen molar-refractivity contribution in [2.75, 3.05) is 5.73 Å². The molecule has 2 heterocycles. The molecular formula is C18H14ClN3O. The Labute approximate surface area is 137 Å². The maximum atomic E-state index is 12.7. The first-order valence-electron chi connectivity index (χ1n) is 7.39. The summed E-state index contributed by atoms with van der Waals surface area (Å²) in [6.07, 6.45) is 2.77. The Morgan fingerprint density at radius 2 is 2.04 bits per heavy atom. The summed E-state index contributed by atoms with van der Waals surface area (Å²) in [5.41, 5.74) is 8.94. The first-order chi connectivity index (χ1) is 11.1. The zero-order chi connectivity index (χ0) is 16.0. The molecule has 5 heteroatoms. The molecule has 0 spiro atoms. The van der Waals surface area contributed by atoms with Gasteiger partial charge in [-0.15, -0.1) is 0 Å². The highest BCUT2D eigenvalue weighted by Gasteiger charge is 2.21. The van der Waals surface area contributed by atoms with Crippen LogP contribution in [-0.2, 0) is 6.54 Å². The molecule has 0 bridgehead atoms. The van der Waals surface area contributed by atoms with Gasteiger partial charge in [-0.3, -0.25) is 9.36 Å². The van der Waals surface area contributed by atoms with E-state index in [0.717, 1.165) is 17.6 Å². The van der Waals surface area contributed by atoms with Crippen molar-refractivity contribution in [1.82, 2.24) is 9.55 Å². The number of benzene rings is 2. The van der Waals surface area contributed by atoms with Crippen LogP contribution in [0, 0.1) is 0 Å². The summed E-state index contributed by atoms with van der Waals surface area (Å²) in [5, 5.41) is 1.25. The quantitative estimate of drug-likeness (QED) is 0.696. The average molecular weight is 324 g/mol. The number of halogens is 1. The van der Waals surface area contributed by atoms with E-state index in [-0.39, 0.29) is 5.56 Å². The molecule has 0 fully saturated rings. The van der Waals surface area contributed by atoms with Crippen LogP contribution in [0.4, 0.5) is 5.69 Å². The van der Waals surface area contributed by atoms with Gasteiger partial charge in [0.25, 0.3) is 5.56 Å². The maximum Gasteiger partial charge on any atom is 0.261 e. The molecule has 114 valence electrons. The lowest BCUT2D eigenvalue weighted by atomic mass is 10.1. The van der Waals surface area contributed by atoms with Gasteiger partial charge in [0.1, 0.15) is 5.82 Å². The van der Waals surface area contributed by atoms with Crippen LogP contribution in [-0.4, -0.2) is 9.55 Å². The maximum absolute atomic E-state index is 12.7. The molecule has 3 aromatic rings. The van der Waals surface area contributed by atoms with Crippen molar-refractivity contribution in [3.63, 3.8) is 0 Å². The van der Waals surface area contributed by atoms with E-state index in [1.165, 1.54) is 0 Å². The Morgan fingerprint density at radius 1 is 1.22 bits per heavy atom. The molecule has 0 amide bonds. The number of fused-ring (bicyclic) bond motifs is 2. The van der Waals surface area contributed by atoms with Crippen LogP contribution < -0.4 is 11.3 Å². The molecule has 0 saturated heterocycles. The van der Waals surface area contributed by atoms with Crippen molar-refractivity contribution in [3.05, 3.63) is 69.2 Å². The number of hydrogen-bond acceptors (Lipinski definition) is 3. The van der Waals surface area contributed by atoms with Crippen molar-refractivity contribution in [3.8, 4) is 0 Å². The molecule has 0 atom stereocenters. The average Bonchev–Trinajstić information content (AvgIpc) is 2.94. The molecule has 4 rings (SSSR count). The van der Waals surface area contributed by atoms with Gasteiger partial charge in [0, 0.05) is 17.3 Å². The van der Waals surface area contributed by atoms with E-state index < -0.39 is 0 Å². The molecule has 0 aliphatic carbocycles. The number of nitrogen functional groups attached to an aromatic ring is 1. The number of anilines is 1. The molecule has 23 heavy (non-hydrogen) atoms. The van der Waals surface area contributed by atoms with Crippen LogP contribution >= 0.6 is 11.6 Å². The Balaban J connectivity index is 1.93. The summed E-state index contributed by atoms with van der Waals surface area (Å²) in [6, 6.07) is 12.9. The minimum Gasteiger partial charge on any atom is -0.399 e. The van der Waals surface area contributed by atoms with Gasteiger partial charge >= 0.3 is 0 Å². The zero-order valence-electron chi connectivity index (χ0n) is 12.3. The molecule has 0 saturated carbocycles. The van der Waals surface area contributed by atoms with Crippen molar-refractivity contribution >= 4 is 39.8 Å². The first-order valence-corrected chi connectivity index (χ1v) is 7.77. The van der Waals surface area contributed by atoms with E-state index in [4.69, 9.17) is 17.3 Å². The third-order valence-electron chi connectivity index (χ3n) is 4.11. The van der Waals surface area contributed by atoms with E-state index in [1.54, 1.807) is 22.8 Å². The number of hydrogen-bond donors (Lipinski definition) is 1. The van der Waals surface area contributed by atoms with Crippen LogP contribution in [0.1, 0.15) is 17.8 Å². The van der Waals surface area contributed by atoms with Gasteiger partial charge in [0.2, 0.25) is 0 Å². The first kappa shape index (κ1) is 14.0. The molecular weight excluding hydrogens is 310 g/mol. The van der Waals surface area contributed by atoms with E-state index in [1.807, 2.05) is 30.3 Å². The van der Waals surface area contributed by atoms with E-state index in [0.29, 0.717) is 34.0 Å². The third-order valence-corrected chi connectivity index (χ3v) is 4.45. The lowest BCUT2D eigenvalue weighted by molar-refractivity contribution is 0.725. The van der Waals surface area contributed by atoms with Gasteiger partial charge in [-0.25, -0.2) is 4.98 Å². The summed E-state index contributed by atoms with van der Waals surface area (Å²) < 4.78 is 1.71. The number of aromatic nitrogens is 2. The Hall–Kier alpha value is -2.59. The molecule has 1 aliphatic rings. The predicted molar refractivity (Wildman–Crippen MR) is 94.4 cm³/mol. The largest absolute Gasteiger partial charge is 0.399 e. The summed E-state index contributed by atoms with van der Waals surface area (Å²) in [7, 11) is 0. The highest BCUT2D eigenvalue weighted by molar-refractivity contribution is 6.32. The van der Waals surface area contributed by atoms with Crippen molar-refractivity contribution in [1.29, 1.82) is 0 Å². The smallest absolute Gasteiger partial charge is 0.261 e. The number of rotatable bonds is 1. The zero-order valence-corrected chi connectivity index (χ0v) is 13.0. The van der Waals surface area contributed by atoms with Gasteiger partial charge in [0.15, 0.2) is 0 Å². The van der Waals surface area contributed by atoms with E-state index >= 15 is 0 Å². The fourth-order valence-corrected chi connectivity index (χ4v) is 3.14. The highest BCUT2D eigenvalue weighted by atomic mass is 35.5. The fraction of sp³-hybridized carbons (Fsp3) is 0.111. The van der Waals surface area contributed by atoms with Crippen molar-refractivity contribution in [2.24, 2.45) is 0 Å². The summed E-state index contributed by atoms with van der Waals surface area (Å²) in [4.78, 5) is 17.3. The van der Waals surface area contributed by atoms with Gasteiger partial charge in [-0.2, -0.15) is 0 Å². The van der Waals surface area contributed by atoms with Crippen LogP contribution in [0.2, 0.25) is 5.02 Å². The molecule has 2 aromatic carbocycles. The minimum atomic E-state index is -0.0418. The lowest BCUT2D eigenvalue weighted by Gasteiger charge is -2.06. The van der Waals surface area contributed by atoms with E-state index in [9.17, 15) is 4.79 Å². The van der Waals surface area contributed by atoms with Crippen molar-refractivity contribution in [2.45, 2.75) is 13.0 Å². The van der Waals surface area contributed by atoms with Crippen LogP contribution in [0.25, 0.3) is 22.6 Å². The Bertz CT molecular complexity index is 1020. The molecule has 4 nitrogen and oxygen atoms in total. The predicted octanol–water partition coefficient (Wildman–Crippen LogP) is 3.58. The molecule has 0 radical (unpaired) electrons. The SMILES string of the molecule is Nc1ccc2nc3n(c(=O)c2c1)CCC3=Cc1ccccc1Cl. The van der Waals surface area contributed by atoms with Crippen molar-refractivity contribution < 1.29 is 0 Å². The fourth-order valence-electron chi connectivity index (χ4n) is 2.95. The second-order valence-corrected chi connectivity index (χ2v) is 6.02. The Morgan fingerprint density at radius 3 is 2.87 bits per heavy atom.